The van der Waals surface area contributed by atoms with E-state index in [1.807, 2.05) is 44.4 Å². The maximum absolute atomic E-state index is 12.4. The first-order chi connectivity index (χ1) is 12.5. The van der Waals surface area contributed by atoms with Crippen molar-refractivity contribution in [1.82, 2.24) is 20.0 Å². The number of nitrogens with zero attached hydrogens (tertiary/aromatic N) is 6. The number of benzene rings is 1. The lowest BCUT2D eigenvalue weighted by Gasteiger charge is -2.12. The van der Waals surface area contributed by atoms with Crippen LogP contribution < -0.4 is 10.6 Å². The molecular formula is C17H21N7OS. The Balaban J connectivity index is 1.54. The van der Waals surface area contributed by atoms with Crippen LogP contribution in [-0.2, 0) is 10.5 Å². The Morgan fingerprint density at radius 1 is 1.23 bits per heavy atom. The molecule has 0 aliphatic carbocycles. The normalized spacial score (nSPS) is 13.6. The number of thioether (sulfide) groups is 1. The van der Waals surface area contributed by atoms with E-state index < -0.39 is 0 Å². The Labute approximate surface area is 156 Å². The molecule has 26 heavy (non-hydrogen) atoms. The van der Waals surface area contributed by atoms with E-state index in [4.69, 9.17) is 5.73 Å². The minimum absolute atomic E-state index is 0.0178. The number of aromatic nitrogens is 3. The molecule has 0 fully saturated rings. The molecule has 2 heterocycles. The second-order valence-electron chi connectivity index (χ2n) is 5.98. The summed E-state index contributed by atoms with van der Waals surface area (Å²) in [7, 11) is 3.68. The van der Waals surface area contributed by atoms with Crippen molar-refractivity contribution < 1.29 is 4.79 Å². The van der Waals surface area contributed by atoms with Crippen molar-refractivity contribution in [3.8, 4) is 0 Å². The van der Waals surface area contributed by atoms with Gasteiger partial charge in [0, 0.05) is 20.5 Å². The highest BCUT2D eigenvalue weighted by molar-refractivity contribution is 7.99. The molecular weight excluding hydrogens is 350 g/mol. The van der Waals surface area contributed by atoms with Gasteiger partial charge in [-0.1, -0.05) is 30.3 Å². The van der Waals surface area contributed by atoms with Gasteiger partial charge >= 0.3 is 0 Å². The summed E-state index contributed by atoms with van der Waals surface area (Å²) in [6.07, 6.45) is 0.774. The zero-order chi connectivity index (χ0) is 18.5. The van der Waals surface area contributed by atoms with Crippen molar-refractivity contribution in [3.05, 3.63) is 41.7 Å². The number of anilines is 2. The van der Waals surface area contributed by atoms with Crippen LogP contribution in [0.1, 0.15) is 17.8 Å². The Hall–Kier alpha value is -2.68. The predicted molar refractivity (Wildman–Crippen MR) is 104 cm³/mol. The standard InChI is InChI=1S/C17H21N7OS/c1-23(2)17-20-14(19-16(18)21-17)10-26-11-15(25)24-9-8-13(22-24)12-6-4-3-5-7-12/h3-7H,8-11H2,1-2H3,(H2,18,19,20,21). The summed E-state index contributed by atoms with van der Waals surface area (Å²) in [5, 5.41) is 6.00. The Bertz CT molecular complexity index is 810. The molecule has 1 amide bonds. The molecule has 1 aromatic carbocycles. The van der Waals surface area contributed by atoms with Crippen molar-refractivity contribution in [1.29, 1.82) is 0 Å². The van der Waals surface area contributed by atoms with Gasteiger partial charge in [-0.05, 0) is 5.56 Å². The van der Waals surface area contributed by atoms with Crippen LogP contribution in [-0.4, -0.2) is 58.0 Å². The summed E-state index contributed by atoms with van der Waals surface area (Å²) in [6.45, 7) is 0.618. The molecule has 0 unspecified atom stereocenters. The first-order valence-corrected chi connectivity index (χ1v) is 9.37. The number of carbonyl (C=O) groups excluding carboxylic acids is 1. The third-order valence-corrected chi connectivity index (χ3v) is 4.65. The number of amides is 1. The molecule has 0 atom stereocenters. The largest absolute Gasteiger partial charge is 0.368 e. The first kappa shape index (κ1) is 18.1. The number of hydrazone groups is 1. The lowest BCUT2D eigenvalue weighted by atomic mass is 10.1. The zero-order valence-corrected chi connectivity index (χ0v) is 15.6. The van der Waals surface area contributed by atoms with E-state index >= 15 is 0 Å². The number of rotatable bonds is 6. The number of nitrogen functional groups attached to an aromatic ring is 1. The van der Waals surface area contributed by atoms with Crippen LogP contribution in [0.4, 0.5) is 11.9 Å². The second kappa shape index (κ2) is 8.13. The molecule has 1 aliphatic heterocycles. The third kappa shape index (κ3) is 4.48. The van der Waals surface area contributed by atoms with Gasteiger partial charge in [-0.25, -0.2) is 5.01 Å². The van der Waals surface area contributed by atoms with Crippen LogP contribution in [0.15, 0.2) is 35.4 Å². The zero-order valence-electron chi connectivity index (χ0n) is 14.8. The number of hydrogen-bond donors (Lipinski definition) is 1. The molecule has 2 aromatic rings. The Morgan fingerprint density at radius 2 is 2.00 bits per heavy atom. The fraction of sp³-hybridized carbons (Fsp3) is 0.353. The maximum atomic E-state index is 12.4. The van der Waals surface area contributed by atoms with Gasteiger partial charge in [0.2, 0.25) is 11.9 Å². The van der Waals surface area contributed by atoms with Crippen LogP contribution in [0.25, 0.3) is 0 Å². The van der Waals surface area contributed by atoms with Gasteiger partial charge in [-0.3, -0.25) is 4.79 Å². The number of nitrogens with two attached hydrogens (primary N) is 1. The summed E-state index contributed by atoms with van der Waals surface area (Å²) in [6, 6.07) is 9.93. The van der Waals surface area contributed by atoms with Crippen LogP contribution in [0, 0.1) is 0 Å². The van der Waals surface area contributed by atoms with E-state index in [0.29, 0.717) is 29.8 Å². The molecule has 2 N–H and O–H groups in total. The average Bonchev–Trinajstić information content (AvgIpc) is 3.12. The molecule has 1 aliphatic rings. The van der Waals surface area contributed by atoms with Crippen molar-refractivity contribution in [2.24, 2.45) is 5.10 Å². The summed E-state index contributed by atoms with van der Waals surface area (Å²) in [5.41, 5.74) is 7.72. The van der Waals surface area contributed by atoms with E-state index in [0.717, 1.165) is 17.7 Å². The smallest absolute Gasteiger partial charge is 0.252 e. The summed E-state index contributed by atoms with van der Waals surface area (Å²) in [5.74, 6) is 2.04. The minimum atomic E-state index is -0.0178. The van der Waals surface area contributed by atoms with Gasteiger partial charge < -0.3 is 10.6 Å². The maximum Gasteiger partial charge on any atom is 0.252 e. The molecule has 1 aromatic heterocycles. The van der Waals surface area contributed by atoms with Gasteiger partial charge in [0.15, 0.2) is 0 Å². The summed E-state index contributed by atoms with van der Waals surface area (Å²) in [4.78, 5) is 26.6. The van der Waals surface area contributed by atoms with Gasteiger partial charge in [-0.2, -0.15) is 20.1 Å². The van der Waals surface area contributed by atoms with Gasteiger partial charge in [-0.15, -0.1) is 11.8 Å². The second-order valence-corrected chi connectivity index (χ2v) is 6.96. The van der Waals surface area contributed by atoms with Crippen molar-refractivity contribution in [3.63, 3.8) is 0 Å². The monoisotopic (exact) mass is 371 g/mol. The van der Waals surface area contributed by atoms with Crippen LogP contribution >= 0.6 is 11.8 Å². The number of carbonyl (C=O) groups is 1. The third-order valence-electron chi connectivity index (χ3n) is 3.74. The fourth-order valence-corrected chi connectivity index (χ4v) is 3.20. The van der Waals surface area contributed by atoms with Crippen molar-refractivity contribution >= 4 is 35.3 Å². The predicted octanol–water partition coefficient (Wildman–Crippen LogP) is 1.39. The first-order valence-electron chi connectivity index (χ1n) is 8.21. The van der Waals surface area contributed by atoms with Crippen molar-refractivity contribution in [2.45, 2.75) is 12.2 Å². The molecule has 3 rings (SSSR count). The van der Waals surface area contributed by atoms with Crippen LogP contribution in [0.5, 0.6) is 0 Å². The van der Waals surface area contributed by atoms with Crippen LogP contribution in [0.2, 0.25) is 0 Å². The molecule has 0 spiro atoms. The number of hydrogen-bond acceptors (Lipinski definition) is 8. The molecule has 136 valence electrons. The average molecular weight is 371 g/mol. The Morgan fingerprint density at radius 3 is 2.73 bits per heavy atom. The highest BCUT2D eigenvalue weighted by Gasteiger charge is 2.21. The topological polar surface area (TPSA) is 101 Å². The SMILES string of the molecule is CN(C)c1nc(N)nc(CSCC(=O)N2CCC(c3ccccc3)=N2)n1. The van der Waals surface area contributed by atoms with Gasteiger partial charge in [0.25, 0.3) is 5.91 Å². The molecule has 0 saturated heterocycles. The van der Waals surface area contributed by atoms with Gasteiger partial charge in [0.05, 0.1) is 23.8 Å². The summed E-state index contributed by atoms with van der Waals surface area (Å²) < 4.78 is 0. The lowest BCUT2D eigenvalue weighted by Crippen LogP contribution is -2.25. The lowest BCUT2D eigenvalue weighted by molar-refractivity contribution is -0.127. The highest BCUT2D eigenvalue weighted by Crippen LogP contribution is 2.17. The van der Waals surface area contributed by atoms with Crippen LogP contribution in [0.3, 0.4) is 0 Å². The Kier molecular flexibility index (Phi) is 5.67. The van der Waals surface area contributed by atoms with E-state index in [2.05, 4.69) is 20.1 Å². The minimum Gasteiger partial charge on any atom is -0.368 e. The van der Waals surface area contributed by atoms with Crippen molar-refractivity contribution in [2.75, 3.05) is 37.0 Å². The molecule has 8 nitrogen and oxygen atoms in total. The van der Waals surface area contributed by atoms with Gasteiger partial charge in [0.1, 0.15) is 5.82 Å². The summed E-state index contributed by atoms with van der Waals surface area (Å²) >= 11 is 1.44. The molecule has 0 radical (unpaired) electrons. The quantitative estimate of drug-likeness (QED) is 0.819. The van der Waals surface area contributed by atoms with E-state index in [9.17, 15) is 4.79 Å². The van der Waals surface area contributed by atoms with E-state index in [-0.39, 0.29) is 11.9 Å². The molecule has 0 bridgehead atoms. The molecule has 9 heteroatoms. The highest BCUT2D eigenvalue weighted by atomic mass is 32.2. The fourth-order valence-electron chi connectivity index (χ4n) is 2.46. The molecule has 0 saturated carbocycles. The van der Waals surface area contributed by atoms with E-state index in [1.54, 1.807) is 9.91 Å². The van der Waals surface area contributed by atoms with E-state index in [1.165, 1.54) is 11.8 Å².